The topological polar surface area (TPSA) is 43.8 Å². The maximum Gasteiger partial charge on any atom is 0.110 e. The van der Waals surface area contributed by atoms with E-state index in [-0.39, 0.29) is 0 Å². The molecule has 3 heteroatoms. The number of benzene rings is 2. The number of unbranched alkanes of at least 4 members (excludes halogenated alkanes) is 1. The van der Waals surface area contributed by atoms with Gasteiger partial charge in [-0.1, -0.05) is 42.5 Å². The van der Waals surface area contributed by atoms with Crippen LogP contribution < -0.4 is 5.73 Å². The number of nitrogens with zero attached hydrogens (tertiary/aromatic N) is 2. The highest BCUT2D eigenvalue weighted by Gasteiger charge is 2.10. The smallest absolute Gasteiger partial charge is 0.110 e. The minimum Gasteiger partial charge on any atom is -0.330 e. The van der Waals surface area contributed by atoms with Gasteiger partial charge in [0.1, 0.15) is 5.82 Å². The van der Waals surface area contributed by atoms with Gasteiger partial charge in [-0.2, -0.15) is 0 Å². The van der Waals surface area contributed by atoms with Crippen molar-refractivity contribution in [1.29, 1.82) is 0 Å². The lowest BCUT2D eigenvalue weighted by molar-refractivity contribution is 0.600. The number of para-hydroxylation sites is 2. The Morgan fingerprint density at radius 2 is 1.64 bits per heavy atom. The van der Waals surface area contributed by atoms with Gasteiger partial charge in [-0.3, -0.25) is 0 Å². The predicted octanol–water partition coefficient (Wildman–Crippen LogP) is 3.56. The van der Waals surface area contributed by atoms with Gasteiger partial charge in [0.05, 0.1) is 11.0 Å². The second-order valence-electron chi connectivity index (χ2n) is 5.65. The lowest BCUT2D eigenvalue weighted by Gasteiger charge is -2.09. The van der Waals surface area contributed by atoms with Gasteiger partial charge in [0.15, 0.2) is 0 Å². The first-order valence-electron chi connectivity index (χ1n) is 8.06. The van der Waals surface area contributed by atoms with Crippen molar-refractivity contribution in [3.05, 3.63) is 66.0 Å². The Labute approximate surface area is 131 Å². The first-order valence-corrected chi connectivity index (χ1v) is 8.06. The van der Waals surface area contributed by atoms with Crippen molar-refractivity contribution in [2.45, 2.75) is 32.2 Å². The SMILES string of the molecule is NCCCCn1c(CCc2ccccc2)nc2ccccc21. The summed E-state index contributed by atoms with van der Waals surface area (Å²) in [6.07, 6.45) is 4.17. The number of hydrogen-bond donors (Lipinski definition) is 1. The van der Waals surface area contributed by atoms with Gasteiger partial charge < -0.3 is 10.3 Å². The second-order valence-corrected chi connectivity index (χ2v) is 5.65. The summed E-state index contributed by atoms with van der Waals surface area (Å²) < 4.78 is 2.37. The van der Waals surface area contributed by atoms with E-state index in [1.165, 1.54) is 16.9 Å². The van der Waals surface area contributed by atoms with Gasteiger partial charge in [0, 0.05) is 13.0 Å². The molecule has 22 heavy (non-hydrogen) atoms. The van der Waals surface area contributed by atoms with E-state index >= 15 is 0 Å². The summed E-state index contributed by atoms with van der Waals surface area (Å²) in [7, 11) is 0. The van der Waals surface area contributed by atoms with Gasteiger partial charge in [0.25, 0.3) is 0 Å². The lowest BCUT2D eigenvalue weighted by Crippen LogP contribution is -2.07. The zero-order valence-corrected chi connectivity index (χ0v) is 12.9. The van der Waals surface area contributed by atoms with E-state index in [1.54, 1.807) is 0 Å². The molecule has 0 atom stereocenters. The molecule has 2 N–H and O–H groups in total. The van der Waals surface area contributed by atoms with Crippen LogP contribution in [0.2, 0.25) is 0 Å². The van der Waals surface area contributed by atoms with Crippen LogP contribution in [0.1, 0.15) is 24.2 Å². The Hall–Kier alpha value is -2.13. The molecular formula is C19H23N3. The van der Waals surface area contributed by atoms with E-state index in [0.717, 1.165) is 44.3 Å². The summed E-state index contributed by atoms with van der Waals surface area (Å²) in [6.45, 7) is 1.76. The molecule has 3 nitrogen and oxygen atoms in total. The predicted molar refractivity (Wildman–Crippen MR) is 91.9 cm³/mol. The van der Waals surface area contributed by atoms with Crippen molar-refractivity contribution in [1.82, 2.24) is 9.55 Å². The highest BCUT2D eigenvalue weighted by molar-refractivity contribution is 5.75. The van der Waals surface area contributed by atoms with Crippen molar-refractivity contribution in [2.75, 3.05) is 6.54 Å². The average Bonchev–Trinajstić information content (AvgIpc) is 2.92. The molecular weight excluding hydrogens is 270 g/mol. The molecule has 0 amide bonds. The van der Waals surface area contributed by atoms with Crippen LogP contribution in [-0.4, -0.2) is 16.1 Å². The number of rotatable bonds is 7. The van der Waals surface area contributed by atoms with E-state index < -0.39 is 0 Å². The van der Waals surface area contributed by atoms with Crippen LogP contribution in [0.4, 0.5) is 0 Å². The van der Waals surface area contributed by atoms with Crippen LogP contribution >= 0.6 is 0 Å². The molecule has 0 bridgehead atoms. The number of nitrogens with two attached hydrogens (primary N) is 1. The molecule has 0 saturated heterocycles. The first-order chi connectivity index (χ1) is 10.9. The molecule has 3 rings (SSSR count). The molecule has 0 unspecified atom stereocenters. The third kappa shape index (κ3) is 3.37. The highest BCUT2D eigenvalue weighted by Crippen LogP contribution is 2.18. The summed E-state index contributed by atoms with van der Waals surface area (Å²) in [6, 6.07) is 19.0. The van der Waals surface area contributed by atoms with Crippen molar-refractivity contribution in [3.63, 3.8) is 0 Å². The Kier molecular flexibility index (Phi) is 4.86. The Morgan fingerprint density at radius 1 is 0.864 bits per heavy atom. The number of aromatic nitrogens is 2. The van der Waals surface area contributed by atoms with Crippen molar-refractivity contribution in [2.24, 2.45) is 5.73 Å². The molecule has 2 aromatic carbocycles. The fraction of sp³-hybridized carbons (Fsp3) is 0.316. The molecule has 1 heterocycles. The molecule has 0 aliphatic heterocycles. The number of imidazole rings is 1. The van der Waals surface area contributed by atoms with Crippen LogP contribution in [0.5, 0.6) is 0 Å². The van der Waals surface area contributed by atoms with Crippen LogP contribution in [0.25, 0.3) is 11.0 Å². The van der Waals surface area contributed by atoms with Crippen LogP contribution in [0.15, 0.2) is 54.6 Å². The van der Waals surface area contributed by atoms with E-state index in [0.29, 0.717) is 0 Å². The highest BCUT2D eigenvalue weighted by atomic mass is 15.1. The molecule has 114 valence electrons. The monoisotopic (exact) mass is 293 g/mol. The molecule has 0 aliphatic carbocycles. The zero-order chi connectivity index (χ0) is 15.2. The van der Waals surface area contributed by atoms with E-state index in [9.17, 15) is 0 Å². The van der Waals surface area contributed by atoms with Crippen molar-refractivity contribution in [3.8, 4) is 0 Å². The summed E-state index contributed by atoms with van der Waals surface area (Å²) in [5.41, 5.74) is 9.33. The van der Waals surface area contributed by atoms with Crippen LogP contribution in [0.3, 0.4) is 0 Å². The quantitative estimate of drug-likeness (QED) is 0.677. The first kappa shape index (κ1) is 14.8. The van der Waals surface area contributed by atoms with Gasteiger partial charge >= 0.3 is 0 Å². The lowest BCUT2D eigenvalue weighted by atomic mass is 10.1. The number of fused-ring (bicyclic) bond motifs is 1. The summed E-state index contributed by atoms with van der Waals surface area (Å²) in [5, 5.41) is 0. The van der Waals surface area contributed by atoms with Gasteiger partial charge in [0.2, 0.25) is 0 Å². The van der Waals surface area contributed by atoms with Gasteiger partial charge in [-0.25, -0.2) is 4.98 Å². The van der Waals surface area contributed by atoms with Crippen LogP contribution in [-0.2, 0) is 19.4 Å². The molecule has 0 aliphatic rings. The van der Waals surface area contributed by atoms with E-state index in [2.05, 4.69) is 59.2 Å². The maximum atomic E-state index is 5.63. The molecule has 0 spiro atoms. The molecule has 3 aromatic rings. The van der Waals surface area contributed by atoms with Crippen molar-refractivity contribution < 1.29 is 0 Å². The van der Waals surface area contributed by atoms with E-state index in [4.69, 9.17) is 10.7 Å². The minimum absolute atomic E-state index is 0.756. The second kappa shape index (κ2) is 7.23. The summed E-state index contributed by atoms with van der Waals surface area (Å²) >= 11 is 0. The standard InChI is InChI=1S/C19H23N3/c20-14-6-7-15-22-18-11-5-4-10-17(18)21-19(22)13-12-16-8-2-1-3-9-16/h1-5,8-11H,6-7,12-15,20H2. The third-order valence-corrected chi connectivity index (χ3v) is 4.05. The van der Waals surface area contributed by atoms with Crippen LogP contribution in [0, 0.1) is 0 Å². The van der Waals surface area contributed by atoms with Crippen molar-refractivity contribution >= 4 is 11.0 Å². The molecule has 1 aromatic heterocycles. The average molecular weight is 293 g/mol. The summed E-state index contributed by atoms with van der Waals surface area (Å²) in [4.78, 5) is 4.84. The number of hydrogen-bond acceptors (Lipinski definition) is 2. The molecule has 0 radical (unpaired) electrons. The Morgan fingerprint density at radius 3 is 2.45 bits per heavy atom. The maximum absolute atomic E-state index is 5.63. The number of aryl methyl sites for hydroxylation is 3. The molecule has 0 saturated carbocycles. The Balaban J connectivity index is 1.82. The largest absolute Gasteiger partial charge is 0.330 e. The fourth-order valence-corrected chi connectivity index (χ4v) is 2.88. The molecule has 0 fully saturated rings. The normalized spacial score (nSPS) is 11.1. The fourth-order valence-electron chi connectivity index (χ4n) is 2.88. The van der Waals surface area contributed by atoms with Gasteiger partial charge in [-0.15, -0.1) is 0 Å². The van der Waals surface area contributed by atoms with E-state index in [1.807, 2.05) is 0 Å². The minimum atomic E-state index is 0.756. The summed E-state index contributed by atoms with van der Waals surface area (Å²) in [5.74, 6) is 1.18. The zero-order valence-electron chi connectivity index (χ0n) is 12.9. The van der Waals surface area contributed by atoms with Gasteiger partial charge in [-0.05, 0) is 43.5 Å². The third-order valence-electron chi connectivity index (χ3n) is 4.05. The Bertz CT molecular complexity index is 716.